The molecule has 0 atom stereocenters. The van der Waals surface area contributed by atoms with E-state index >= 15 is 0 Å². The molecule has 0 aliphatic carbocycles. The molecule has 25 heavy (non-hydrogen) atoms. The molecule has 5 heteroatoms. The SMILES string of the molecule is O=S(=O)(O)c1ccccc1C=Cc1ccccc1-c1ccccc1.[NaH]. The second kappa shape index (κ2) is 8.61. The van der Waals surface area contributed by atoms with Gasteiger partial charge in [-0.05, 0) is 28.3 Å². The molecule has 0 saturated carbocycles. The Labute approximate surface area is 170 Å². The van der Waals surface area contributed by atoms with Crippen molar-refractivity contribution in [3.63, 3.8) is 0 Å². The third-order valence-electron chi connectivity index (χ3n) is 3.68. The van der Waals surface area contributed by atoms with Crippen molar-refractivity contribution in [2.45, 2.75) is 4.90 Å². The molecule has 3 aromatic carbocycles. The van der Waals surface area contributed by atoms with Gasteiger partial charge in [-0.15, -0.1) is 0 Å². The average molecular weight is 360 g/mol. The predicted octanol–water partition coefficient (Wildman–Crippen LogP) is 4.12. The summed E-state index contributed by atoms with van der Waals surface area (Å²) >= 11 is 0. The van der Waals surface area contributed by atoms with Gasteiger partial charge in [0.05, 0.1) is 0 Å². The molecular weight excluding hydrogens is 343 g/mol. The summed E-state index contributed by atoms with van der Waals surface area (Å²) in [5.74, 6) is 0. The first kappa shape index (κ1) is 19.6. The van der Waals surface area contributed by atoms with Gasteiger partial charge in [-0.1, -0.05) is 84.9 Å². The zero-order valence-electron chi connectivity index (χ0n) is 12.8. The molecule has 0 radical (unpaired) electrons. The van der Waals surface area contributed by atoms with E-state index in [1.54, 1.807) is 24.3 Å². The Hall–Kier alpha value is -1.69. The summed E-state index contributed by atoms with van der Waals surface area (Å²) in [5.41, 5.74) is 3.55. The van der Waals surface area contributed by atoms with Crippen LogP contribution in [0.25, 0.3) is 23.3 Å². The Morgan fingerprint density at radius 1 is 0.680 bits per heavy atom. The van der Waals surface area contributed by atoms with Gasteiger partial charge in [0.2, 0.25) is 0 Å². The molecule has 0 aliphatic rings. The van der Waals surface area contributed by atoms with E-state index < -0.39 is 10.1 Å². The standard InChI is InChI=1S/C20H16O3S.Na.H/c21-24(22,23)20-13-7-5-11-18(20)15-14-17-10-4-6-12-19(17)16-8-2-1-3-9-16;;/h1-15H,(H,21,22,23);;. The third kappa shape index (κ3) is 4.91. The van der Waals surface area contributed by atoms with Crippen molar-refractivity contribution in [2.24, 2.45) is 0 Å². The quantitative estimate of drug-likeness (QED) is 0.433. The van der Waals surface area contributed by atoms with E-state index in [1.165, 1.54) is 6.07 Å². The molecule has 1 N–H and O–H groups in total. The number of rotatable bonds is 4. The fraction of sp³-hybridized carbons (Fsp3) is 0. The van der Waals surface area contributed by atoms with E-state index in [1.807, 2.05) is 60.7 Å². The van der Waals surface area contributed by atoms with Crippen LogP contribution in [0.4, 0.5) is 0 Å². The molecule has 3 nitrogen and oxygen atoms in total. The van der Waals surface area contributed by atoms with Crippen molar-refractivity contribution in [2.75, 3.05) is 0 Å². The summed E-state index contributed by atoms with van der Waals surface area (Å²) in [7, 11) is -4.25. The molecule has 0 aliphatic heterocycles. The van der Waals surface area contributed by atoms with Crippen LogP contribution in [0.15, 0.2) is 83.8 Å². The number of hydrogen-bond acceptors (Lipinski definition) is 2. The summed E-state index contributed by atoms with van der Waals surface area (Å²) in [6.07, 6.45) is 3.55. The third-order valence-corrected chi connectivity index (χ3v) is 4.61. The van der Waals surface area contributed by atoms with E-state index in [0.717, 1.165) is 16.7 Å². The molecule has 122 valence electrons. The Bertz CT molecular complexity index is 981. The van der Waals surface area contributed by atoms with Gasteiger partial charge in [0, 0.05) is 0 Å². The van der Waals surface area contributed by atoms with E-state index in [9.17, 15) is 13.0 Å². The summed E-state index contributed by atoms with van der Waals surface area (Å²) in [6, 6.07) is 24.2. The van der Waals surface area contributed by atoms with Gasteiger partial charge in [0.1, 0.15) is 4.90 Å². The molecular formula is C20H17NaO3S. The minimum atomic E-state index is -4.25. The van der Waals surface area contributed by atoms with Crippen molar-refractivity contribution in [1.82, 2.24) is 0 Å². The van der Waals surface area contributed by atoms with Gasteiger partial charge in [-0.25, -0.2) is 0 Å². The fourth-order valence-electron chi connectivity index (χ4n) is 2.56. The van der Waals surface area contributed by atoms with Crippen LogP contribution >= 0.6 is 0 Å². The van der Waals surface area contributed by atoms with Crippen LogP contribution in [0.2, 0.25) is 0 Å². The van der Waals surface area contributed by atoms with Crippen LogP contribution in [-0.4, -0.2) is 42.5 Å². The van der Waals surface area contributed by atoms with Crippen LogP contribution in [0.1, 0.15) is 11.1 Å². The van der Waals surface area contributed by atoms with Gasteiger partial charge in [0.15, 0.2) is 0 Å². The maximum absolute atomic E-state index is 11.5. The van der Waals surface area contributed by atoms with Crippen molar-refractivity contribution in [3.8, 4) is 11.1 Å². The zero-order valence-corrected chi connectivity index (χ0v) is 13.6. The van der Waals surface area contributed by atoms with Crippen molar-refractivity contribution in [1.29, 1.82) is 0 Å². The maximum atomic E-state index is 11.5. The van der Waals surface area contributed by atoms with Crippen LogP contribution in [-0.2, 0) is 10.1 Å². The molecule has 0 fully saturated rings. The number of benzene rings is 3. The molecule has 0 bridgehead atoms. The Balaban J connectivity index is 0.00000225. The first-order valence-corrected chi connectivity index (χ1v) is 8.89. The van der Waals surface area contributed by atoms with Crippen molar-refractivity contribution < 1.29 is 13.0 Å². The molecule has 3 rings (SSSR count). The monoisotopic (exact) mass is 360 g/mol. The van der Waals surface area contributed by atoms with Gasteiger partial charge in [0.25, 0.3) is 10.1 Å². The summed E-state index contributed by atoms with van der Waals surface area (Å²) in [6.45, 7) is 0. The normalized spacial score (nSPS) is 11.2. The van der Waals surface area contributed by atoms with Gasteiger partial charge >= 0.3 is 29.6 Å². The van der Waals surface area contributed by atoms with Crippen molar-refractivity contribution >= 4 is 51.8 Å². The average Bonchev–Trinajstić information content (AvgIpc) is 2.60. The first-order chi connectivity index (χ1) is 11.6. The fourth-order valence-corrected chi connectivity index (χ4v) is 3.24. The molecule has 0 unspecified atom stereocenters. The van der Waals surface area contributed by atoms with Gasteiger partial charge < -0.3 is 0 Å². The van der Waals surface area contributed by atoms with E-state index in [-0.39, 0.29) is 34.5 Å². The second-order valence-corrected chi connectivity index (χ2v) is 6.69. The van der Waals surface area contributed by atoms with Crippen LogP contribution in [0.3, 0.4) is 0 Å². The summed E-state index contributed by atoms with van der Waals surface area (Å²) < 4.78 is 32.3. The number of hydrogen-bond donors (Lipinski definition) is 1. The molecule has 3 aromatic rings. The zero-order chi connectivity index (χ0) is 17.0. The molecule has 0 spiro atoms. The Morgan fingerprint density at radius 3 is 1.88 bits per heavy atom. The molecule has 0 aromatic heterocycles. The summed E-state index contributed by atoms with van der Waals surface area (Å²) in [5, 5.41) is 0. The molecule has 0 amide bonds. The van der Waals surface area contributed by atoms with E-state index in [4.69, 9.17) is 0 Å². The van der Waals surface area contributed by atoms with E-state index in [0.29, 0.717) is 5.56 Å². The molecule has 0 saturated heterocycles. The predicted molar refractivity (Wildman–Crippen MR) is 104 cm³/mol. The Kier molecular flexibility index (Phi) is 6.76. The van der Waals surface area contributed by atoms with Gasteiger partial charge in [-0.3, -0.25) is 4.55 Å². The van der Waals surface area contributed by atoms with Crippen LogP contribution in [0.5, 0.6) is 0 Å². The van der Waals surface area contributed by atoms with Crippen molar-refractivity contribution in [3.05, 3.63) is 90.0 Å². The molecule has 0 heterocycles. The second-order valence-electron chi connectivity index (χ2n) is 5.30. The van der Waals surface area contributed by atoms with Crippen LogP contribution < -0.4 is 0 Å². The topological polar surface area (TPSA) is 54.4 Å². The van der Waals surface area contributed by atoms with Gasteiger partial charge in [-0.2, -0.15) is 8.42 Å². The minimum absolute atomic E-state index is 0. The first-order valence-electron chi connectivity index (χ1n) is 7.45. The van der Waals surface area contributed by atoms with E-state index in [2.05, 4.69) is 0 Å². The Morgan fingerprint density at radius 2 is 1.20 bits per heavy atom. The summed E-state index contributed by atoms with van der Waals surface area (Å²) in [4.78, 5) is -0.0987. The van der Waals surface area contributed by atoms with Crippen LogP contribution in [0, 0.1) is 0 Å².